The molecular formula is C24H31N3O3. The summed E-state index contributed by atoms with van der Waals surface area (Å²) in [4.78, 5) is 29.7. The lowest BCUT2D eigenvalue weighted by molar-refractivity contribution is -0.124. The molecule has 0 radical (unpaired) electrons. The molecule has 0 spiro atoms. The highest BCUT2D eigenvalue weighted by atomic mass is 16.5. The van der Waals surface area contributed by atoms with Gasteiger partial charge in [0.05, 0.1) is 0 Å². The van der Waals surface area contributed by atoms with Crippen molar-refractivity contribution in [1.29, 1.82) is 0 Å². The Morgan fingerprint density at radius 3 is 2.60 bits per heavy atom. The monoisotopic (exact) mass is 409 g/mol. The van der Waals surface area contributed by atoms with Gasteiger partial charge in [0, 0.05) is 24.4 Å². The third-order valence-electron chi connectivity index (χ3n) is 5.48. The number of benzene rings is 1. The van der Waals surface area contributed by atoms with Gasteiger partial charge in [0.15, 0.2) is 0 Å². The minimum atomic E-state index is -0.617. The van der Waals surface area contributed by atoms with Crippen LogP contribution in [-0.4, -0.2) is 28.9 Å². The predicted molar refractivity (Wildman–Crippen MR) is 116 cm³/mol. The largest absolute Gasteiger partial charge is 0.474 e. The van der Waals surface area contributed by atoms with Gasteiger partial charge in [-0.05, 0) is 61.8 Å². The highest BCUT2D eigenvalue weighted by Crippen LogP contribution is 2.23. The normalized spacial score (nSPS) is 15.1. The van der Waals surface area contributed by atoms with Gasteiger partial charge < -0.3 is 15.4 Å². The molecule has 30 heavy (non-hydrogen) atoms. The second kappa shape index (κ2) is 10.2. The van der Waals surface area contributed by atoms with Gasteiger partial charge in [-0.1, -0.05) is 32.0 Å². The van der Waals surface area contributed by atoms with Crippen molar-refractivity contribution in [2.75, 3.05) is 0 Å². The van der Waals surface area contributed by atoms with E-state index < -0.39 is 6.04 Å². The second-order valence-electron chi connectivity index (χ2n) is 8.25. The average Bonchev–Trinajstić information content (AvgIpc) is 3.23. The van der Waals surface area contributed by atoms with Crippen molar-refractivity contribution in [3.8, 4) is 5.88 Å². The van der Waals surface area contributed by atoms with Crippen molar-refractivity contribution in [3.63, 3.8) is 0 Å². The lowest BCUT2D eigenvalue weighted by atomic mass is 10.0. The zero-order valence-corrected chi connectivity index (χ0v) is 18.0. The summed E-state index contributed by atoms with van der Waals surface area (Å²) < 4.78 is 5.94. The van der Waals surface area contributed by atoms with E-state index in [1.54, 1.807) is 12.3 Å². The quantitative estimate of drug-likeness (QED) is 0.695. The molecule has 1 unspecified atom stereocenters. The highest BCUT2D eigenvalue weighted by molar-refractivity contribution is 5.98. The fraction of sp³-hybridized carbons (Fsp3) is 0.458. The SMILES string of the molecule is Cc1ccccc1C(=O)NC(C(=O)NCc1ccnc(OC2CCCC2)c1)C(C)C. The first-order valence-corrected chi connectivity index (χ1v) is 10.7. The van der Waals surface area contributed by atoms with Crippen LogP contribution in [0.3, 0.4) is 0 Å². The number of pyridine rings is 1. The summed E-state index contributed by atoms with van der Waals surface area (Å²) in [5.41, 5.74) is 2.38. The average molecular weight is 410 g/mol. The molecule has 1 aliphatic carbocycles. The molecule has 0 saturated heterocycles. The maximum Gasteiger partial charge on any atom is 0.252 e. The number of ether oxygens (including phenoxy) is 1. The smallest absolute Gasteiger partial charge is 0.252 e. The van der Waals surface area contributed by atoms with Crippen LogP contribution in [0.4, 0.5) is 0 Å². The molecule has 6 heteroatoms. The molecule has 1 aromatic carbocycles. The number of nitrogens with zero attached hydrogens (tertiary/aromatic N) is 1. The highest BCUT2D eigenvalue weighted by Gasteiger charge is 2.25. The molecule has 1 saturated carbocycles. The van der Waals surface area contributed by atoms with Gasteiger partial charge in [0.25, 0.3) is 5.91 Å². The van der Waals surface area contributed by atoms with Gasteiger partial charge in [0.1, 0.15) is 12.1 Å². The van der Waals surface area contributed by atoms with Gasteiger partial charge in [0.2, 0.25) is 11.8 Å². The molecule has 0 aliphatic heterocycles. The van der Waals surface area contributed by atoms with E-state index in [1.165, 1.54) is 12.8 Å². The number of rotatable bonds is 8. The number of carbonyl (C=O) groups is 2. The first kappa shape index (κ1) is 21.8. The minimum absolute atomic E-state index is 0.0448. The van der Waals surface area contributed by atoms with Crippen LogP contribution in [0.25, 0.3) is 0 Å². The van der Waals surface area contributed by atoms with E-state index >= 15 is 0 Å². The van der Waals surface area contributed by atoms with Crippen LogP contribution < -0.4 is 15.4 Å². The molecule has 1 aliphatic rings. The van der Waals surface area contributed by atoms with E-state index in [2.05, 4.69) is 15.6 Å². The standard InChI is InChI=1S/C24H31N3O3/c1-16(2)22(27-23(28)20-11-7-4-8-17(20)3)24(29)26-15-18-12-13-25-21(14-18)30-19-9-5-6-10-19/h4,7-8,11-14,16,19,22H,5-6,9-10,15H2,1-3H3,(H,26,29)(H,27,28). The number of amides is 2. The lowest BCUT2D eigenvalue weighted by Gasteiger charge is -2.22. The first-order chi connectivity index (χ1) is 14.4. The van der Waals surface area contributed by atoms with Crippen molar-refractivity contribution in [2.45, 2.75) is 65.1 Å². The van der Waals surface area contributed by atoms with Gasteiger partial charge in [-0.25, -0.2) is 4.98 Å². The molecule has 0 bridgehead atoms. The van der Waals surface area contributed by atoms with Crippen LogP contribution in [-0.2, 0) is 11.3 Å². The topological polar surface area (TPSA) is 80.3 Å². The lowest BCUT2D eigenvalue weighted by Crippen LogP contribution is -2.49. The number of aromatic nitrogens is 1. The molecule has 2 aromatic rings. The Morgan fingerprint density at radius 1 is 1.17 bits per heavy atom. The van der Waals surface area contributed by atoms with E-state index in [9.17, 15) is 9.59 Å². The Morgan fingerprint density at radius 2 is 1.90 bits per heavy atom. The van der Waals surface area contributed by atoms with Gasteiger partial charge in [-0.15, -0.1) is 0 Å². The Balaban J connectivity index is 1.59. The molecule has 1 fully saturated rings. The van der Waals surface area contributed by atoms with Gasteiger partial charge >= 0.3 is 0 Å². The first-order valence-electron chi connectivity index (χ1n) is 10.7. The third-order valence-corrected chi connectivity index (χ3v) is 5.48. The number of hydrogen-bond donors (Lipinski definition) is 2. The molecule has 160 valence electrons. The summed E-state index contributed by atoms with van der Waals surface area (Å²) in [6.45, 7) is 6.07. The van der Waals surface area contributed by atoms with Crippen molar-refractivity contribution < 1.29 is 14.3 Å². The maximum atomic E-state index is 12.8. The molecule has 2 N–H and O–H groups in total. The number of carbonyl (C=O) groups excluding carboxylic acids is 2. The van der Waals surface area contributed by atoms with E-state index in [1.807, 2.05) is 51.1 Å². The Kier molecular flexibility index (Phi) is 7.44. The summed E-state index contributed by atoms with van der Waals surface area (Å²) in [6.07, 6.45) is 6.48. The fourth-order valence-electron chi connectivity index (χ4n) is 3.68. The van der Waals surface area contributed by atoms with Crippen LogP contribution in [0.2, 0.25) is 0 Å². The van der Waals surface area contributed by atoms with Gasteiger partial charge in [-0.2, -0.15) is 0 Å². The zero-order valence-electron chi connectivity index (χ0n) is 18.0. The van der Waals surface area contributed by atoms with Gasteiger partial charge in [-0.3, -0.25) is 9.59 Å². The molecule has 2 amide bonds. The Labute approximate surface area is 178 Å². The van der Waals surface area contributed by atoms with Crippen molar-refractivity contribution in [2.24, 2.45) is 5.92 Å². The molecular weight excluding hydrogens is 378 g/mol. The molecule has 1 aromatic heterocycles. The summed E-state index contributed by atoms with van der Waals surface area (Å²) in [6, 6.07) is 10.5. The van der Waals surface area contributed by atoms with Crippen LogP contribution in [0.15, 0.2) is 42.6 Å². The summed E-state index contributed by atoms with van der Waals surface area (Å²) in [5, 5.41) is 5.82. The predicted octanol–water partition coefficient (Wildman–Crippen LogP) is 3.78. The third kappa shape index (κ3) is 5.81. The molecule has 1 heterocycles. The van der Waals surface area contributed by atoms with Crippen LogP contribution in [0.1, 0.15) is 61.0 Å². The van der Waals surface area contributed by atoms with E-state index in [4.69, 9.17) is 4.74 Å². The summed E-state index contributed by atoms with van der Waals surface area (Å²) in [7, 11) is 0. The fourth-order valence-corrected chi connectivity index (χ4v) is 3.68. The van der Waals surface area contributed by atoms with Crippen LogP contribution >= 0.6 is 0 Å². The van der Waals surface area contributed by atoms with Crippen LogP contribution in [0.5, 0.6) is 5.88 Å². The van der Waals surface area contributed by atoms with E-state index in [0.717, 1.165) is 24.0 Å². The van der Waals surface area contributed by atoms with Crippen molar-refractivity contribution in [1.82, 2.24) is 15.6 Å². The molecule has 1 atom stereocenters. The second-order valence-corrected chi connectivity index (χ2v) is 8.25. The summed E-state index contributed by atoms with van der Waals surface area (Å²) >= 11 is 0. The Hall–Kier alpha value is -2.89. The van der Waals surface area contributed by atoms with Crippen molar-refractivity contribution in [3.05, 3.63) is 59.3 Å². The zero-order chi connectivity index (χ0) is 21.5. The number of nitrogens with one attached hydrogen (secondary N) is 2. The van der Waals surface area contributed by atoms with E-state index in [0.29, 0.717) is 18.0 Å². The van der Waals surface area contributed by atoms with E-state index in [-0.39, 0.29) is 23.8 Å². The number of aryl methyl sites for hydroxylation is 1. The molecule has 6 nitrogen and oxygen atoms in total. The Bertz CT molecular complexity index is 876. The van der Waals surface area contributed by atoms with Crippen LogP contribution in [0, 0.1) is 12.8 Å². The maximum absolute atomic E-state index is 12.8. The summed E-state index contributed by atoms with van der Waals surface area (Å²) in [5.74, 6) is 0.110. The molecule has 3 rings (SSSR count). The van der Waals surface area contributed by atoms with Crippen molar-refractivity contribution >= 4 is 11.8 Å². The minimum Gasteiger partial charge on any atom is -0.474 e. The number of hydrogen-bond acceptors (Lipinski definition) is 4.